The van der Waals surface area contributed by atoms with E-state index in [1.165, 1.54) is 12.3 Å². The summed E-state index contributed by atoms with van der Waals surface area (Å²) in [5, 5.41) is 18.7. The van der Waals surface area contributed by atoms with Crippen molar-refractivity contribution >= 4 is 12.0 Å². The number of nitrogens with two attached hydrogens (primary N) is 1. The Hall–Kier alpha value is -2.23. The molecule has 0 spiro atoms. The van der Waals surface area contributed by atoms with Crippen molar-refractivity contribution in [3.8, 4) is 0 Å². The highest BCUT2D eigenvalue weighted by molar-refractivity contribution is 5.90. The molecule has 0 saturated carbocycles. The molecule has 21 heavy (non-hydrogen) atoms. The van der Waals surface area contributed by atoms with Gasteiger partial charge in [0, 0.05) is 18.7 Å². The molecule has 1 aliphatic heterocycles. The van der Waals surface area contributed by atoms with Gasteiger partial charge in [-0.1, -0.05) is 0 Å². The standard InChI is InChI=1S/C12H15N3O6/c13-9(18)2-1-6-4-15(12(20)14-11(6)19)10-3-7(17)8(5-16)21-10/h1-2,4,7-8,10,16-17H,3,5H2,(H2,13,18)(H,14,19,20)/b2-1+/t7?,8-,10+/m1/s1. The van der Waals surface area contributed by atoms with Gasteiger partial charge in [-0.05, 0) is 6.08 Å². The number of ether oxygens (including phenoxy) is 1. The SMILES string of the molecule is NC(=O)/C=C/c1cn([C@@H]2CC(O)[C@@H](CO)O2)c(=O)[nH]c1=O. The second kappa shape index (κ2) is 6.04. The maximum Gasteiger partial charge on any atom is 0.330 e. The molecule has 1 amide bonds. The molecule has 1 aromatic rings. The van der Waals surface area contributed by atoms with Crippen LogP contribution in [-0.4, -0.2) is 44.5 Å². The molecule has 1 saturated heterocycles. The summed E-state index contributed by atoms with van der Waals surface area (Å²) in [6, 6.07) is 0. The van der Waals surface area contributed by atoms with Gasteiger partial charge in [0.25, 0.3) is 5.56 Å². The number of carbonyl (C=O) groups excluding carboxylic acids is 1. The third kappa shape index (κ3) is 3.27. The van der Waals surface area contributed by atoms with E-state index in [0.717, 1.165) is 10.6 Å². The summed E-state index contributed by atoms with van der Waals surface area (Å²) in [5.74, 6) is -0.736. The fourth-order valence-electron chi connectivity index (χ4n) is 2.06. The normalized spacial score (nSPS) is 25.5. The Balaban J connectivity index is 2.37. The molecular weight excluding hydrogens is 282 g/mol. The fourth-order valence-corrected chi connectivity index (χ4v) is 2.06. The van der Waals surface area contributed by atoms with Crippen molar-refractivity contribution in [2.75, 3.05) is 6.61 Å². The molecule has 3 atom stereocenters. The van der Waals surface area contributed by atoms with Crippen molar-refractivity contribution < 1.29 is 19.7 Å². The van der Waals surface area contributed by atoms with Crippen molar-refractivity contribution in [3.63, 3.8) is 0 Å². The molecule has 0 bridgehead atoms. The van der Waals surface area contributed by atoms with E-state index in [2.05, 4.69) is 4.98 Å². The van der Waals surface area contributed by atoms with Gasteiger partial charge in [-0.15, -0.1) is 0 Å². The van der Waals surface area contributed by atoms with Crippen LogP contribution in [-0.2, 0) is 9.53 Å². The van der Waals surface area contributed by atoms with Crippen LogP contribution in [0.15, 0.2) is 21.9 Å². The van der Waals surface area contributed by atoms with Crippen molar-refractivity contribution in [1.29, 1.82) is 0 Å². The first kappa shape index (κ1) is 15.2. The number of aliphatic hydroxyl groups excluding tert-OH is 2. The minimum absolute atomic E-state index is 0.0407. The number of H-pyrrole nitrogens is 1. The first-order valence-electron chi connectivity index (χ1n) is 6.19. The van der Waals surface area contributed by atoms with E-state index in [4.69, 9.17) is 15.6 Å². The Morgan fingerprint density at radius 3 is 2.86 bits per heavy atom. The van der Waals surface area contributed by atoms with Gasteiger partial charge in [0.2, 0.25) is 5.91 Å². The summed E-state index contributed by atoms with van der Waals surface area (Å²) in [6.07, 6.45) is 0.935. The molecule has 9 nitrogen and oxygen atoms in total. The van der Waals surface area contributed by atoms with Crippen LogP contribution in [0.4, 0.5) is 0 Å². The number of carbonyl (C=O) groups is 1. The van der Waals surface area contributed by atoms with E-state index in [1.807, 2.05) is 0 Å². The van der Waals surface area contributed by atoms with Crippen LogP contribution >= 0.6 is 0 Å². The average molecular weight is 297 g/mol. The quantitative estimate of drug-likeness (QED) is 0.458. The number of primary amides is 1. The number of amides is 1. The van der Waals surface area contributed by atoms with Crippen LogP contribution in [0.5, 0.6) is 0 Å². The van der Waals surface area contributed by atoms with E-state index < -0.39 is 35.6 Å². The molecule has 0 radical (unpaired) electrons. The number of aromatic nitrogens is 2. The monoisotopic (exact) mass is 297 g/mol. The summed E-state index contributed by atoms with van der Waals surface area (Å²) in [5.41, 5.74) is 3.59. The first-order valence-corrected chi connectivity index (χ1v) is 6.19. The predicted molar refractivity (Wildman–Crippen MR) is 71.2 cm³/mol. The van der Waals surface area contributed by atoms with Gasteiger partial charge >= 0.3 is 5.69 Å². The molecule has 114 valence electrons. The van der Waals surface area contributed by atoms with Crippen molar-refractivity contribution in [1.82, 2.24) is 9.55 Å². The zero-order valence-corrected chi connectivity index (χ0v) is 10.9. The first-order chi connectivity index (χ1) is 9.92. The average Bonchev–Trinajstić information content (AvgIpc) is 2.78. The molecule has 1 aliphatic rings. The third-order valence-corrected chi connectivity index (χ3v) is 3.12. The lowest BCUT2D eigenvalue weighted by atomic mass is 10.2. The van der Waals surface area contributed by atoms with Gasteiger partial charge in [0.15, 0.2) is 0 Å². The molecule has 1 unspecified atom stereocenters. The highest BCUT2D eigenvalue weighted by Gasteiger charge is 2.35. The molecule has 2 rings (SSSR count). The Labute approximate surface area is 118 Å². The third-order valence-electron chi connectivity index (χ3n) is 3.12. The Kier molecular flexibility index (Phi) is 4.36. The van der Waals surface area contributed by atoms with E-state index in [0.29, 0.717) is 0 Å². The summed E-state index contributed by atoms with van der Waals surface area (Å²) in [4.78, 5) is 36.2. The van der Waals surface area contributed by atoms with E-state index in [1.54, 1.807) is 0 Å². The van der Waals surface area contributed by atoms with Gasteiger partial charge in [0.05, 0.1) is 18.3 Å². The Morgan fingerprint density at radius 2 is 2.29 bits per heavy atom. The summed E-state index contributed by atoms with van der Waals surface area (Å²) in [7, 11) is 0. The molecule has 9 heteroatoms. The highest BCUT2D eigenvalue weighted by Crippen LogP contribution is 2.27. The van der Waals surface area contributed by atoms with Crippen molar-refractivity contribution in [3.05, 3.63) is 38.7 Å². The van der Waals surface area contributed by atoms with Crippen molar-refractivity contribution in [2.45, 2.75) is 24.9 Å². The van der Waals surface area contributed by atoms with E-state index in [-0.39, 0.29) is 18.6 Å². The largest absolute Gasteiger partial charge is 0.394 e. The van der Waals surface area contributed by atoms with Crippen LogP contribution in [0.3, 0.4) is 0 Å². The van der Waals surface area contributed by atoms with Crippen molar-refractivity contribution in [2.24, 2.45) is 5.73 Å². The second-order valence-electron chi connectivity index (χ2n) is 4.60. The molecule has 1 aromatic heterocycles. The molecule has 0 aliphatic carbocycles. The van der Waals surface area contributed by atoms with Crippen LogP contribution in [0, 0.1) is 0 Å². The van der Waals surface area contributed by atoms with Gasteiger partial charge in [-0.25, -0.2) is 4.79 Å². The number of aromatic amines is 1. The Bertz CT molecular complexity index is 676. The predicted octanol–water partition coefficient (Wildman–Crippen LogP) is -2.32. The van der Waals surface area contributed by atoms with Crippen LogP contribution in [0.25, 0.3) is 6.08 Å². The summed E-state index contributed by atoms with van der Waals surface area (Å²) < 4.78 is 6.42. The molecule has 0 aromatic carbocycles. The van der Waals surface area contributed by atoms with Crippen LogP contribution in [0.2, 0.25) is 0 Å². The lowest BCUT2D eigenvalue weighted by molar-refractivity contribution is -0.113. The minimum Gasteiger partial charge on any atom is -0.394 e. The second-order valence-corrected chi connectivity index (χ2v) is 4.60. The molecule has 1 fully saturated rings. The smallest absolute Gasteiger partial charge is 0.330 e. The number of rotatable bonds is 4. The topological polar surface area (TPSA) is 148 Å². The number of aliphatic hydroxyl groups is 2. The van der Waals surface area contributed by atoms with Gasteiger partial charge in [-0.3, -0.25) is 19.1 Å². The molecular formula is C12H15N3O6. The number of nitrogens with one attached hydrogen (secondary N) is 1. The minimum atomic E-state index is -0.913. The summed E-state index contributed by atoms with van der Waals surface area (Å²) in [6.45, 7) is -0.385. The number of hydrogen-bond acceptors (Lipinski definition) is 6. The lowest BCUT2D eigenvalue weighted by Gasteiger charge is -2.14. The maximum absolute atomic E-state index is 11.8. The summed E-state index contributed by atoms with van der Waals surface area (Å²) >= 11 is 0. The molecule has 2 heterocycles. The molecule has 5 N–H and O–H groups in total. The highest BCUT2D eigenvalue weighted by atomic mass is 16.5. The maximum atomic E-state index is 11.8. The number of nitrogens with zero attached hydrogens (tertiary/aromatic N) is 1. The van der Waals surface area contributed by atoms with E-state index >= 15 is 0 Å². The zero-order chi connectivity index (χ0) is 15.6. The van der Waals surface area contributed by atoms with Gasteiger partial charge < -0.3 is 20.7 Å². The van der Waals surface area contributed by atoms with E-state index in [9.17, 15) is 19.5 Å². The van der Waals surface area contributed by atoms with Crippen LogP contribution < -0.4 is 17.0 Å². The number of hydrogen-bond donors (Lipinski definition) is 4. The fraction of sp³-hybridized carbons (Fsp3) is 0.417. The zero-order valence-electron chi connectivity index (χ0n) is 10.9. The van der Waals surface area contributed by atoms with Gasteiger partial charge in [0.1, 0.15) is 12.3 Å². The lowest BCUT2D eigenvalue weighted by Crippen LogP contribution is -2.33. The Morgan fingerprint density at radius 1 is 1.57 bits per heavy atom. The van der Waals surface area contributed by atoms with Crippen LogP contribution in [0.1, 0.15) is 18.2 Å². The van der Waals surface area contributed by atoms with Gasteiger partial charge in [-0.2, -0.15) is 0 Å².